The van der Waals surface area contributed by atoms with Gasteiger partial charge in [-0.25, -0.2) is 0 Å². The smallest absolute Gasteiger partial charge is 0.171 e. The maximum atomic E-state index is 6.13. The Kier molecular flexibility index (Phi) is 6.25. The molecule has 0 saturated heterocycles. The standard InChI is InChI=1S/C18H21ClN2OS/c1-4-16(14-8-6-5-7-12(14)2)21-18(23)20-13-9-10-17(22-3)15(19)11-13/h5-11,16H,4H2,1-3H3,(H2,20,21,23)/t16-/m0/s1. The van der Waals surface area contributed by atoms with Gasteiger partial charge in [0.15, 0.2) is 5.11 Å². The number of hydrogen-bond donors (Lipinski definition) is 2. The molecular weight excluding hydrogens is 328 g/mol. The van der Waals surface area contributed by atoms with Gasteiger partial charge >= 0.3 is 0 Å². The van der Waals surface area contributed by atoms with Gasteiger partial charge in [-0.05, 0) is 54.9 Å². The highest BCUT2D eigenvalue weighted by molar-refractivity contribution is 7.80. The third kappa shape index (κ3) is 4.60. The zero-order valence-corrected chi connectivity index (χ0v) is 15.1. The summed E-state index contributed by atoms with van der Waals surface area (Å²) in [5.41, 5.74) is 3.34. The lowest BCUT2D eigenvalue weighted by atomic mass is 10.00. The molecule has 5 heteroatoms. The van der Waals surface area contributed by atoms with Crippen LogP contribution < -0.4 is 15.4 Å². The van der Waals surface area contributed by atoms with Crippen LogP contribution >= 0.6 is 23.8 Å². The number of aryl methyl sites for hydroxylation is 1. The molecule has 0 unspecified atom stereocenters. The first-order valence-corrected chi connectivity index (χ1v) is 8.30. The van der Waals surface area contributed by atoms with Crippen molar-refractivity contribution in [3.8, 4) is 5.75 Å². The molecule has 0 amide bonds. The molecular formula is C18H21ClN2OS. The fraction of sp³-hybridized carbons (Fsp3) is 0.278. The molecule has 2 aromatic rings. The number of anilines is 1. The summed E-state index contributed by atoms with van der Waals surface area (Å²) in [7, 11) is 1.59. The number of ether oxygens (including phenoxy) is 1. The Morgan fingerprint density at radius 1 is 1.26 bits per heavy atom. The zero-order valence-electron chi connectivity index (χ0n) is 13.5. The van der Waals surface area contributed by atoms with E-state index >= 15 is 0 Å². The molecule has 0 bridgehead atoms. The Hall–Kier alpha value is -1.78. The number of methoxy groups -OCH3 is 1. The van der Waals surface area contributed by atoms with Crippen LogP contribution in [0.5, 0.6) is 5.75 Å². The predicted octanol–water partition coefficient (Wildman–Crippen LogP) is 5.09. The maximum absolute atomic E-state index is 6.13. The molecule has 0 saturated carbocycles. The summed E-state index contributed by atoms with van der Waals surface area (Å²) in [6.45, 7) is 4.25. The van der Waals surface area contributed by atoms with Gasteiger partial charge in [-0.15, -0.1) is 0 Å². The molecule has 0 aromatic heterocycles. The molecule has 0 aliphatic carbocycles. The van der Waals surface area contributed by atoms with Crippen LogP contribution in [0.2, 0.25) is 5.02 Å². The van der Waals surface area contributed by atoms with Gasteiger partial charge < -0.3 is 15.4 Å². The highest BCUT2D eigenvalue weighted by atomic mass is 35.5. The number of benzene rings is 2. The number of nitrogens with one attached hydrogen (secondary N) is 2. The van der Waals surface area contributed by atoms with E-state index in [4.69, 9.17) is 28.6 Å². The van der Waals surface area contributed by atoms with E-state index in [0.29, 0.717) is 15.9 Å². The van der Waals surface area contributed by atoms with Crippen molar-refractivity contribution in [3.05, 3.63) is 58.6 Å². The van der Waals surface area contributed by atoms with Crippen molar-refractivity contribution in [3.63, 3.8) is 0 Å². The minimum atomic E-state index is 0.171. The zero-order chi connectivity index (χ0) is 16.8. The van der Waals surface area contributed by atoms with Gasteiger partial charge in [-0.1, -0.05) is 42.8 Å². The summed E-state index contributed by atoms with van der Waals surface area (Å²) in [5, 5.41) is 7.65. The number of hydrogen-bond acceptors (Lipinski definition) is 2. The molecule has 23 heavy (non-hydrogen) atoms. The number of rotatable bonds is 5. The molecule has 3 nitrogen and oxygen atoms in total. The van der Waals surface area contributed by atoms with Gasteiger partial charge in [-0.3, -0.25) is 0 Å². The van der Waals surface area contributed by atoms with Crippen molar-refractivity contribution in [2.24, 2.45) is 0 Å². The fourth-order valence-corrected chi connectivity index (χ4v) is 2.96. The van der Waals surface area contributed by atoms with Crippen molar-refractivity contribution < 1.29 is 4.74 Å². The molecule has 0 aliphatic rings. The summed E-state index contributed by atoms with van der Waals surface area (Å²) in [6, 6.07) is 14.0. The van der Waals surface area contributed by atoms with Crippen LogP contribution in [0.3, 0.4) is 0 Å². The molecule has 0 fully saturated rings. The van der Waals surface area contributed by atoms with Crippen LogP contribution in [0.1, 0.15) is 30.5 Å². The number of thiocarbonyl (C=S) groups is 1. The average Bonchev–Trinajstić information content (AvgIpc) is 2.53. The summed E-state index contributed by atoms with van der Waals surface area (Å²) in [6.07, 6.45) is 0.941. The van der Waals surface area contributed by atoms with E-state index in [9.17, 15) is 0 Å². The third-order valence-corrected chi connectivity index (χ3v) is 4.20. The van der Waals surface area contributed by atoms with Crippen LogP contribution in [0.25, 0.3) is 0 Å². The maximum Gasteiger partial charge on any atom is 0.171 e. The van der Waals surface area contributed by atoms with Crippen molar-refractivity contribution >= 4 is 34.6 Å². The SMILES string of the molecule is CC[C@H](NC(=S)Nc1ccc(OC)c(Cl)c1)c1ccccc1C. The Balaban J connectivity index is 2.06. The first-order chi connectivity index (χ1) is 11.0. The molecule has 0 heterocycles. The van der Waals surface area contributed by atoms with Crippen LogP contribution in [-0.4, -0.2) is 12.2 Å². The normalized spacial score (nSPS) is 11.7. The summed E-state index contributed by atoms with van der Waals surface area (Å²) < 4.78 is 5.15. The molecule has 2 aromatic carbocycles. The Morgan fingerprint density at radius 2 is 2.00 bits per heavy atom. The highest BCUT2D eigenvalue weighted by Crippen LogP contribution is 2.27. The largest absolute Gasteiger partial charge is 0.495 e. The Labute approximate surface area is 148 Å². The molecule has 0 radical (unpaired) electrons. The van der Waals surface area contributed by atoms with E-state index in [1.165, 1.54) is 11.1 Å². The molecule has 2 rings (SSSR count). The van der Waals surface area contributed by atoms with E-state index < -0.39 is 0 Å². The van der Waals surface area contributed by atoms with Crippen LogP contribution in [0.15, 0.2) is 42.5 Å². The van der Waals surface area contributed by atoms with Crippen LogP contribution in [0.4, 0.5) is 5.69 Å². The lowest BCUT2D eigenvalue weighted by Gasteiger charge is -2.21. The van der Waals surface area contributed by atoms with E-state index in [-0.39, 0.29) is 6.04 Å². The van der Waals surface area contributed by atoms with Crippen molar-refractivity contribution in [1.82, 2.24) is 5.32 Å². The lowest BCUT2D eigenvalue weighted by Crippen LogP contribution is -2.32. The van der Waals surface area contributed by atoms with E-state index in [1.807, 2.05) is 24.3 Å². The second-order valence-electron chi connectivity index (χ2n) is 5.27. The molecule has 0 aliphatic heterocycles. The van der Waals surface area contributed by atoms with Gasteiger partial charge in [0.05, 0.1) is 18.2 Å². The summed E-state index contributed by atoms with van der Waals surface area (Å²) >= 11 is 11.6. The summed E-state index contributed by atoms with van der Waals surface area (Å²) in [5.74, 6) is 0.641. The highest BCUT2D eigenvalue weighted by Gasteiger charge is 2.13. The molecule has 2 N–H and O–H groups in total. The number of halogens is 1. The topological polar surface area (TPSA) is 33.3 Å². The second-order valence-corrected chi connectivity index (χ2v) is 6.08. The van der Waals surface area contributed by atoms with E-state index in [0.717, 1.165) is 12.1 Å². The Morgan fingerprint density at radius 3 is 2.61 bits per heavy atom. The average molecular weight is 349 g/mol. The summed E-state index contributed by atoms with van der Waals surface area (Å²) in [4.78, 5) is 0. The lowest BCUT2D eigenvalue weighted by molar-refractivity contribution is 0.415. The van der Waals surface area contributed by atoms with Gasteiger partial charge in [0.25, 0.3) is 0 Å². The molecule has 122 valence electrons. The monoisotopic (exact) mass is 348 g/mol. The minimum Gasteiger partial charge on any atom is -0.495 e. The first kappa shape index (κ1) is 17.6. The third-order valence-electron chi connectivity index (χ3n) is 3.69. The van der Waals surface area contributed by atoms with Gasteiger partial charge in [0.1, 0.15) is 5.75 Å². The predicted molar refractivity (Wildman–Crippen MR) is 102 cm³/mol. The fourth-order valence-electron chi connectivity index (χ4n) is 2.45. The van der Waals surface area contributed by atoms with Gasteiger partial charge in [0.2, 0.25) is 0 Å². The van der Waals surface area contributed by atoms with E-state index in [2.05, 4.69) is 36.6 Å². The van der Waals surface area contributed by atoms with Gasteiger partial charge in [0, 0.05) is 5.69 Å². The van der Waals surface area contributed by atoms with Crippen molar-refractivity contribution in [1.29, 1.82) is 0 Å². The quantitative estimate of drug-likeness (QED) is 0.737. The van der Waals surface area contributed by atoms with Gasteiger partial charge in [-0.2, -0.15) is 0 Å². The minimum absolute atomic E-state index is 0.171. The van der Waals surface area contributed by atoms with Crippen molar-refractivity contribution in [2.75, 3.05) is 12.4 Å². The first-order valence-electron chi connectivity index (χ1n) is 7.51. The second kappa shape index (κ2) is 8.18. The van der Waals surface area contributed by atoms with E-state index in [1.54, 1.807) is 13.2 Å². The van der Waals surface area contributed by atoms with Crippen molar-refractivity contribution in [2.45, 2.75) is 26.3 Å². The Bertz CT molecular complexity index is 690. The van der Waals surface area contributed by atoms with Crippen LogP contribution in [-0.2, 0) is 0 Å². The molecule has 1 atom stereocenters. The molecule has 0 spiro atoms. The van der Waals surface area contributed by atoms with Crippen LogP contribution in [0, 0.1) is 6.92 Å².